The first-order valence-corrected chi connectivity index (χ1v) is 6.69. The lowest BCUT2D eigenvalue weighted by Gasteiger charge is -2.14. The van der Waals surface area contributed by atoms with Gasteiger partial charge in [0.1, 0.15) is 0 Å². The molecule has 1 heterocycles. The number of nitrogens with zero attached hydrogens (tertiary/aromatic N) is 1. The van der Waals surface area contributed by atoms with Gasteiger partial charge in [-0.15, -0.1) is 17.9 Å². The van der Waals surface area contributed by atoms with Gasteiger partial charge in [0, 0.05) is 18.5 Å². The van der Waals surface area contributed by atoms with E-state index in [-0.39, 0.29) is 12.1 Å². The van der Waals surface area contributed by atoms with E-state index >= 15 is 0 Å². The highest BCUT2D eigenvalue weighted by atomic mass is 32.1. The largest absolute Gasteiger partial charge is 0.378 e. The van der Waals surface area contributed by atoms with Gasteiger partial charge in [0.25, 0.3) is 0 Å². The lowest BCUT2D eigenvalue weighted by Crippen LogP contribution is -2.37. The van der Waals surface area contributed by atoms with Crippen molar-refractivity contribution >= 4 is 22.5 Å². The summed E-state index contributed by atoms with van der Waals surface area (Å²) in [6.07, 6.45) is 3.43. The number of anilines is 1. The Labute approximate surface area is 111 Å². The Kier molecular flexibility index (Phi) is 6.38. The first-order valence-electron chi connectivity index (χ1n) is 5.81. The quantitative estimate of drug-likeness (QED) is 0.748. The lowest BCUT2D eigenvalue weighted by atomic mass is 10.1. The summed E-state index contributed by atoms with van der Waals surface area (Å²) < 4.78 is 4.96. The predicted molar refractivity (Wildman–Crippen MR) is 73.9 cm³/mol. The van der Waals surface area contributed by atoms with Crippen molar-refractivity contribution in [3.05, 3.63) is 23.7 Å². The van der Waals surface area contributed by atoms with Crippen molar-refractivity contribution in [2.24, 2.45) is 0 Å². The van der Waals surface area contributed by atoms with Gasteiger partial charge in [-0.2, -0.15) is 0 Å². The van der Waals surface area contributed by atoms with Gasteiger partial charge in [-0.3, -0.25) is 5.32 Å². The molecular weight excluding hydrogens is 250 g/mol. The van der Waals surface area contributed by atoms with Gasteiger partial charge >= 0.3 is 6.03 Å². The van der Waals surface area contributed by atoms with Crippen molar-refractivity contribution in [1.29, 1.82) is 0 Å². The van der Waals surface area contributed by atoms with E-state index in [1.807, 2.05) is 12.3 Å². The van der Waals surface area contributed by atoms with Crippen LogP contribution in [0.15, 0.2) is 18.0 Å². The van der Waals surface area contributed by atoms with E-state index in [4.69, 9.17) is 4.74 Å². The molecule has 1 atom stereocenters. The van der Waals surface area contributed by atoms with Crippen LogP contribution in [0.3, 0.4) is 0 Å². The molecule has 5 nitrogen and oxygen atoms in total. The van der Waals surface area contributed by atoms with E-state index in [0.29, 0.717) is 11.7 Å². The Morgan fingerprint density at radius 2 is 2.50 bits per heavy atom. The van der Waals surface area contributed by atoms with E-state index in [1.54, 1.807) is 13.2 Å². The zero-order chi connectivity index (χ0) is 13.4. The third kappa shape index (κ3) is 4.85. The number of nitrogens with one attached hydrogen (secondary N) is 2. The zero-order valence-electron chi connectivity index (χ0n) is 10.7. The van der Waals surface area contributed by atoms with E-state index in [2.05, 4.69) is 22.2 Å². The number of urea groups is 1. The van der Waals surface area contributed by atoms with Gasteiger partial charge in [-0.05, 0) is 12.8 Å². The number of amides is 2. The smallest absolute Gasteiger partial charge is 0.321 e. The Balaban J connectivity index is 2.45. The van der Waals surface area contributed by atoms with Crippen molar-refractivity contribution in [1.82, 2.24) is 10.3 Å². The molecule has 0 fully saturated rings. The Bertz CT molecular complexity index is 392. The number of rotatable bonds is 7. The number of thiazole rings is 1. The van der Waals surface area contributed by atoms with Crippen LogP contribution in [-0.2, 0) is 11.3 Å². The number of carbonyl (C=O) groups excluding carboxylic acids is 1. The average Bonchev–Trinajstić information content (AvgIpc) is 2.76. The molecule has 0 bridgehead atoms. The molecule has 0 spiro atoms. The molecule has 0 aliphatic carbocycles. The van der Waals surface area contributed by atoms with Gasteiger partial charge < -0.3 is 10.1 Å². The second-order valence-corrected chi connectivity index (χ2v) is 4.66. The summed E-state index contributed by atoms with van der Waals surface area (Å²) in [6.45, 7) is 6.14. The van der Waals surface area contributed by atoms with Gasteiger partial charge in [0.05, 0.1) is 12.3 Å². The van der Waals surface area contributed by atoms with Gasteiger partial charge in [0.2, 0.25) is 0 Å². The molecule has 0 radical (unpaired) electrons. The van der Waals surface area contributed by atoms with Crippen molar-refractivity contribution in [3.8, 4) is 0 Å². The molecule has 0 aliphatic heterocycles. The molecule has 2 amide bonds. The first-order chi connectivity index (χ1) is 8.69. The van der Waals surface area contributed by atoms with Gasteiger partial charge in [-0.25, -0.2) is 9.78 Å². The second-order valence-electron chi connectivity index (χ2n) is 3.81. The molecule has 1 aromatic heterocycles. The van der Waals surface area contributed by atoms with Crippen LogP contribution in [0.25, 0.3) is 0 Å². The van der Waals surface area contributed by atoms with Crippen LogP contribution in [-0.4, -0.2) is 24.2 Å². The van der Waals surface area contributed by atoms with Crippen LogP contribution in [0.4, 0.5) is 9.93 Å². The minimum atomic E-state index is -0.234. The second kappa shape index (κ2) is 7.84. The van der Waals surface area contributed by atoms with Crippen LogP contribution in [0.2, 0.25) is 0 Å². The van der Waals surface area contributed by atoms with Crippen LogP contribution in [0.1, 0.15) is 25.5 Å². The molecule has 100 valence electrons. The molecule has 0 saturated carbocycles. The Morgan fingerprint density at radius 3 is 3.11 bits per heavy atom. The zero-order valence-corrected chi connectivity index (χ0v) is 11.5. The molecule has 1 rings (SSSR count). The maximum Gasteiger partial charge on any atom is 0.321 e. The highest BCUT2D eigenvalue weighted by Gasteiger charge is 2.10. The number of ether oxygens (including phenoxy) is 1. The van der Waals surface area contributed by atoms with Crippen molar-refractivity contribution in [3.63, 3.8) is 0 Å². The van der Waals surface area contributed by atoms with E-state index in [0.717, 1.165) is 18.5 Å². The summed E-state index contributed by atoms with van der Waals surface area (Å²) in [5, 5.41) is 8.02. The van der Waals surface area contributed by atoms with Crippen LogP contribution in [0, 0.1) is 0 Å². The fourth-order valence-electron chi connectivity index (χ4n) is 1.43. The topological polar surface area (TPSA) is 63.2 Å². The molecule has 1 unspecified atom stereocenters. The summed E-state index contributed by atoms with van der Waals surface area (Å²) in [5.41, 5.74) is 0.816. The van der Waals surface area contributed by atoms with Crippen molar-refractivity contribution < 1.29 is 9.53 Å². The summed E-state index contributed by atoms with van der Waals surface area (Å²) in [5.74, 6) is 0. The van der Waals surface area contributed by atoms with Crippen LogP contribution >= 0.6 is 11.3 Å². The van der Waals surface area contributed by atoms with Crippen molar-refractivity contribution in [2.45, 2.75) is 32.4 Å². The minimum absolute atomic E-state index is 0.112. The SMILES string of the molecule is C=CCC(CC)NC(=O)Nc1nc(COC)cs1. The number of carbonyl (C=O) groups is 1. The van der Waals surface area contributed by atoms with Gasteiger partial charge in [0.15, 0.2) is 5.13 Å². The fraction of sp³-hybridized carbons (Fsp3) is 0.500. The number of aromatic nitrogens is 1. The number of hydrogen-bond acceptors (Lipinski definition) is 4. The molecule has 0 aromatic carbocycles. The Hall–Kier alpha value is -1.40. The first kappa shape index (κ1) is 14.7. The maximum absolute atomic E-state index is 11.7. The highest BCUT2D eigenvalue weighted by Crippen LogP contribution is 2.15. The normalized spacial score (nSPS) is 11.9. The molecular formula is C12H19N3O2S. The maximum atomic E-state index is 11.7. The van der Waals surface area contributed by atoms with Crippen LogP contribution < -0.4 is 10.6 Å². The average molecular weight is 269 g/mol. The molecule has 0 aliphatic rings. The highest BCUT2D eigenvalue weighted by molar-refractivity contribution is 7.13. The van der Waals surface area contributed by atoms with E-state index < -0.39 is 0 Å². The lowest BCUT2D eigenvalue weighted by molar-refractivity contribution is 0.182. The third-order valence-corrected chi connectivity index (χ3v) is 3.15. The number of hydrogen-bond donors (Lipinski definition) is 2. The third-order valence-electron chi connectivity index (χ3n) is 2.34. The molecule has 1 aromatic rings. The minimum Gasteiger partial charge on any atom is -0.378 e. The predicted octanol–water partition coefficient (Wildman–Crippen LogP) is 2.77. The van der Waals surface area contributed by atoms with Gasteiger partial charge in [-0.1, -0.05) is 13.0 Å². The van der Waals surface area contributed by atoms with Crippen molar-refractivity contribution in [2.75, 3.05) is 12.4 Å². The standard InChI is InChI=1S/C12H19N3O2S/c1-4-6-9(5-2)13-11(16)15-12-14-10(7-17-3)8-18-12/h4,8-9H,1,5-7H2,2-3H3,(H2,13,14,15,16). The summed E-state index contributed by atoms with van der Waals surface area (Å²) in [7, 11) is 1.61. The van der Waals surface area contributed by atoms with E-state index in [1.165, 1.54) is 11.3 Å². The number of methoxy groups -OCH3 is 1. The Morgan fingerprint density at radius 1 is 1.72 bits per heavy atom. The monoisotopic (exact) mass is 269 g/mol. The molecule has 18 heavy (non-hydrogen) atoms. The fourth-order valence-corrected chi connectivity index (χ4v) is 2.12. The molecule has 0 saturated heterocycles. The summed E-state index contributed by atoms with van der Waals surface area (Å²) >= 11 is 1.38. The molecule has 2 N–H and O–H groups in total. The summed E-state index contributed by atoms with van der Waals surface area (Å²) in [4.78, 5) is 15.9. The van der Waals surface area contributed by atoms with E-state index in [9.17, 15) is 4.79 Å². The van der Waals surface area contributed by atoms with Crippen LogP contribution in [0.5, 0.6) is 0 Å². The summed E-state index contributed by atoms with van der Waals surface area (Å²) in [6, 6.07) is -0.122. The molecule has 6 heteroatoms.